The summed E-state index contributed by atoms with van der Waals surface area (Å²) in [6.45, 7) is 7.49. The van der Waals surface area contributed by atoms with Crippen LogP contribution in [0.15, 0.2) is 18.2 Å². The van der Waals surface area contributed by atoms with Crippen LogP contribution in [0.5, 0.6) is 5.75 Å². The number of ether oxygens (including phenoxy) is 1. The molecule has 1 aromatic carbocycles. The van der Waals surface area contributed by atoms with Gasteiger partial charge in [-0.3, -0.25) is 14.4 Å². The predicted molar refractivity (Wildman–Crippen MR) is 99.2 cm³/mol. The molecular weight excluding hydrogens is 334 g/mol. The second-order valence-corrected chi connectivity index (χ2v) is 6.87. The van der Waals surface area contributed by atoms with Gasteiger partial charge in [-0.25, -0.2) is 0 Å². The lowest BCUT2D eigenvalue weighted by atomic mass is 10.1. The lowest BCUT2D eigenvalue weighted by Crippen LogP contribution is -2.50. The van der Waals surface area contributed by atoms with Crippen molar-refractivity contribution in [2.75, 3.05) is 38.6 Å². The van der Waals surface area contributed by atoms with Crippen LogP contribution in [-0.2, 0) is 9.59 Å². The van der Waals surface area contributed by atoms with Gasteiger partial charge < -0.3 is 19.9 Å². The van der Waals surface area contributed by atoms with E-state index in [0.717, 1.165) is 0 Å². The molecule has 1 N–H and O–H groups in total. The smallest absolute Gasteiger partial charge is 0.257 e. The molecule has 1 aliphatic heterocycles. The van der Waals surface area contributed by atoms with Gasteiger partial charge in [0.2, 0.25) is 11.8 Å². The van der Waals surface area contributed by atoms with Gasteiger partial charge in [0, 0.05) is 45.2 Å². The maximum atomic E-state index is 12.9. The molecule has 1 fully saturated rings. The Kier molecular flexibility index (Phi) is 6.60. The Hall–Kier alpha value is -2.57. The molecule has 0 aromatic heterocycles. The van der Waals surface area contributed by atoms with Crippen LogP contribution in [0.4, 0.5) is 5.69 Å². The molecule has 26 heavy (non-hydrogen) atoms. The van der Waals surface area contributed by atoms with E-state index in [1.807, 2.05) is 18.7 Å². The minimum Gasteiger partial charge on any atom is -0.496 e. The largest absolute Gasteiger partial charge is 0.496 e. The van der Waals surface area contributed by atoms with E-state index in [9.17, 15) is 14.4 Å². The highest BCUT2D eigenvalue weighted by Gasteiger charge is 2.26. The van der Waals surface area contributed by atoms with Crippen molar-refractivity contribution in [1.82, 2.24) is 9.80 Å². The van der Waals surface area contributed by atoms with Crippen LogP contribution in [0.25, 0.3) is 0 Å². The monoisotopic (exact) mass is 361 g/mol. The molecule has 1 saturated heterocycles. The molecule has 7 nitrogen and oxygen atoms in total. The molecule has 1 aliphatic rings. The Labute approximate surface area is 154 Å². The van der Waals surface area contributed by atoms with Crippen LogP contribution >= 0.6 is 0 Å². The fraction of sp³-hybridized carbons (Fsp3) is 0.526. The zero-order valence-electron chi connectivity index (χ0n) is 15.9. The van der Waals surface area contributed by atoms with E-state index in [4.69, 9.17) is 4.74 Å². The van der Waals surface area contributed by atoms with Gasteiger partial charge in [-0.2, -0.15) is 0 Å². The molecule has 0 spiro atoms. The van der Waals surface area contributed by atoms with Gasteiger partial charge in [-0.1, -0.05) is 13.8 Å². The lowest BCUT2D eigenvalue weighted by Gasteiger charge is -2.35. The van der Waals surface area contributed by atoms with Crippen LogP contribution in [0, 0.1) is 5.92 Å². The van der Waals surface area contributed by atoms with Crippen LogP contribution < -0.4 is 10.1 Å². The Bertz CT molecular complexity index is 679. The Morgan fingerprint density at radius 3 is 2.27 bits per heavy atom. The van der Waals surface area contributed by atoms with E-state index in [0.29, 0.717) is 55.5 Å². The molecule has 2 rings (SSSR count). The molecule has 1 aromatic rings. The minimum atomic E-state index is -0.203. The van der Waals surface area contributed by atoms with Crippen LogP contribution in [-0.4, -0.2) is 60.8 Å². The SMILES string of the molecule is COc1ccc(NC(C)=O)cc1C(=O)N1CCN(C(=O)CC(C)C)CC1. The quantitative estimate of drug-likeness (QED) is 0.870. The Morgan fingerprint density at radius 1 is 1.12 bits per heavy atom. The predicted octanol–water partition coefficient (Wildman–Crippen LogP) is 1.98. The second-order valence-electron chi connectivity index (χ2n) is 6.87. The number of amides is 3. The second kappa shape index (κ2) is 8.69. The van der Waals surface area contributed by atoms with E-state index in [1.54, 1.807) is 23.1 Å². The topological polar surface area (TPSA) is 79.0 Å². The normalized spacial score (nSPS) is 14.3. The zero-order valence-corrected chi connectivity index (χ0v) is 15.9. The number of nitrogens with zero attached hydrogens (tertiary/aromatic N) is 2. The summed E-state index contributed by atoms with van der Waals surface area (Å²) in [4.78, 5) is 39.8. The van der Waals surface area contributed by atoms with Crippen LogP contribution in [0.2, 0.25) is 0 Å². The van der Waals surface area contributed by atoms with Crippen molar-refractivity contribution in [3.8, 4) is 5.75 Å². The molecule has 7 heteroatoms. The first-order valence-corrected chi connectivity index (χ1v) is 8.84. The average molecular weight is 361 g/mol. The summed E-state index contributed by atoms with van der Waals surface area (Å²) >= 11 is 0. The number of anilines is 1. The standard InChI is InChI=1S/C19H27N3O4/c1-13(2)11-18(24)21-7-9-22(10-8-21)19(25)16-12-15(20-14(3)23)5-6-17(16)26-4/h5-6,12-13H,7-11H2,1-4H3,(H,20,23). The number of carbonyl (C=O) groups is 3. The Balaban J connectivity index is 2.07. The van der Waals surface area contributed by atoms with Gasteiger partial charge in [0.05, 0.1) is 12.7 Å². The van der Waals surface area contributed by atoms with Crippen molar-refractivity contribution in [3.05, 3.63) is 23.8 Å². The number of hydrogen-bond donors (Lipinski definition) is 1. The number of hydrogen-bond acceptors (Lipinski definition) is 4. The molecule has 142 valence electrons. The van der Waals surface area contributed by atoms with Gasteiger partial charge in [-0.15, -0.1) is 0 Å². The van der Waals surface area contributed by atoms with Gasteiger partial charge in [0.15, 0.2) is 0 Å². The Morgan fingerprint density at radius 2 is 1.73 bits per heavy atom. The van der Waals surface area contributed by atoms with E-state index in [1.165, 1.54) is 14.0 Å². The van der Waals surface area contributed by atoms with E-state index < -0.39 is 0 Å². The highest BCUT2D eigenvalue weighted by Crippen LogP contribution is 2.25. The van der Waals surface area contributed by atoms with Crippen molar-refractivity contribution in [1.29, 1.82) is 0 Å². The first kappa shape index (κ1) is 19.8. The molecular formula is C19H27N3O4. The molecule has 0 atom stereocenters. The molecule has 0 saturated carbocycles. The zero-order chi connectivity index (χ0) is 19.3. The number of carbonyl (C=O) groups excluding carboxylic acids is 3. The summed E-state index contributed by atoms with van der Waals surface area (Å²) < 4.78 is 5.30. The van der Waals surface area contributed by atoms with Crippen molar-refractivity contribution in [2.45, 2.75) is 27.2 Å². The maximum Gasteiger partial charge on any atom is 0.257 e. The summed E-state index contributed by atoms with van der Waals surface area (Å²) in [6, 6.07) is 4.99. The van der Waals surface area contributed by atoms with Crippen molar-refractivity contribution in [3.63, 3.8) is 0 Å². The number of nitrogens with one attached hydrogen (secondary N) is 1. The fourth-order valence-corrected chi connectivity index (χ4v) is 2.96. The summed E-state index contributed by atoms with van der Waals surface area (Å²) in [6.07, 6.45) is 0.528. The molecule has 0 aliphatic carbocycles. The van der Waals surface area contributed by atoms with Crippen molar-refractivity contribution in [2.24, 2.45) is 5.92 Å². The van der Waals surface area contributed by atoms with E-state index in [-0.39, 0.29) is 17.7 Å². The van der Waals surface area contributed by atoms with Crippen molar-refractivity contribution >= 4 is 23.4 Å². The third-order valence-electron chi connectivity index (χ3n) is 4.25. The maximum absolute atomic E-state index is 12.9. The summed E-state index contributed by atoms with van der Waals surface area (Å²) in [5.74, 6) is 0.554. The first-order valence-electron chi connectivity index (χ1n) is 8.84. The lowest BCUT2D eigenvalue weighted by molar-refractivity contribution is -0.133. The van der Waals surface area contributed by atoms with Crippen molar-refractivity contribution < 1.29 is 19.1 Å². The van der Waals surface area contributed by atoms with Crippen LogP contribution in [0.3, 0.4) is 0 Å². The van der Waals surface area contributed by atoms with Gasteiger partial charge >= 0.3 is 0 Å². The van der Waals surface area contributed by atoms with Gasteiger partial charge in [0.1, 0.15) is 5.75 Å². The first-order chi connectivity index (χ1) is 12.3. The number of piperazine rings is 1. The van der Waals surface area contributed by atoms with E-state index in [2.05, 4.69) is 5.32 Å². The highest BCUT2D eigenvalue weighted by atomic mass is 16.5. The number of benzene rings is 1. The third kappa shape index (κ3) is 4.97. The fourth-order valence-electron chi connectivity index (χ4n) is 2.96. The molecule has 0 unspecified atom stereocenters. The van der Waals surface area contributed by atoms with Gasteiger partial charge in [-0.05, 0) is 24.1 Å². The average Bonchev–Trinajstić information content (AvgIpc) is 2.60. The van der Waals surface area contributed by atoms with E-state index >= 15 is 0 Å². The highest BCUT2D eigenvalue weighted by molar-refractivity contribution is 5.99. The third-order valence-corrected chi connectivity index (χ3v) is 4.25. The number of rotatable bonds is 5. The summed E-state index contributed by atoms with van der Waals surface area (Å²) in [7, 11) is 1.51. The summed E-state index contributed by atoms with van der Waals surface area (Å²) in [5.41, 5.74) is 0.952. The molecule has 0 bridgehead atoms. The molecule has 3 amide bonds. The molecule has 0 radical (unpaired) electrons. The van der Waals surface area contributed by atoms with Gasteiger partial charge in [0.25, 0.3) is 5.91 Å². The minimum absolute atomic E-state index is 0.136. The summed E-state index contributed by atoms with van der Waals surface area (Å²) in [5, 5.41) is 2.68. The number of methoxy groups -OCH3 is 1. The van der Waals surface area contributed by atoms with Crippen LogP contribution in [0.1, 0.15) is 37.6 Å². The molecule has 1 heterocycles.